The molecule has 0 fully saturated rings. The topological polar surface area (TPSA) is 81.4 Å². The summed E-state index contributed by atoms with van der Waals surface area (Å²) in [6.45, 7) is 2.48. The molecule has 4 heterocycles. The number of aromatic nitrogens is 4. The number of methoxy groups -OCH3 is 1. The molecule has 6 rings (SSSR count). The fourth-order valence-corrected chi connectivity index (χ4v) is 4.95. The molecule has 0 saturated heterocycles. The maximum atomic E-state index is 13.0. The molecule has 1 amide bonds. The first-order chi connectivity index (χ1) is 19.1. The van der Waals surface area contributed by atoms with E-state index in [2.05, 4.69) is 16.4 Å². The number of carbonyl (C=O) groups excluding carboxylic acids is 1. The van der Waals surface area contributed by atoms with Crippen molar-refractivity contribution in [2.75, 3.05) is 13.7 Å². The molecule has 0 unspecified atom stereocenters. The summed E-state index contributed by atoms with van der Waals surface area (Å²) in [7, 11) is 1.65. The monoisotopic (exact) mass is 513 g/mol. The Labute approximate surface area is 226 Å². The highest BCUT2D eigenvalue weighted by Gasteiger charge is 2.20. The Hall–Kier alpha value is -5.04. The van der Waals surface area contributed by atoms with Crippen molar-refractivity contribution < 1.29 is 9.53 Å². The number of hydrogen-bond acceptors (Lipinski definition) is 5. The second-order valence-corrected chi connectivity index (χ2v) is 9.33. The van der Waals surface area contributed by atoms with Crippen LogP contribution in [0.15, 0.2) is 97.3 Å². The van der Waals surface area contributed by atoms with Crippen LogP contribution in [0.2, 0.25) is 0 Å². The molecule has 7 nitrogen and oxygen atoms in total. The molecule has 39 heavy (non-hydrogen) atoms. The van der Waals surface area contributed by atoms with Gasteiger partial charge in [-0.3, -0.25) is 14.8 Å². The van der Waals surface area contributed by atoms with Crippen molar-refractivity contribution in [3.63, 3.8) is 0 Å². The summed E-state index contributed by atoms with van der Waals surface area (Å²) in [4.78, 5) is 22.4. The van der Waals surface area contributed by atoms with Crippen molar-refractivity contribution in [3.8, 4) is 28.3 Å². The highest BCUT2D eigenvalue weighted by atomic mass is 16.5. The van der Waals surface area contributed by atoms with Gasteiger partial charge in [-0.1, -0.05) is 36.4 Å². The van der Waals surface area contributed by atoms with Crippen LogP contribution in [0, 0.1) is 6.92 Å². The summed E-state index contributed by atoms with van der Waals surface area (Å²) >= 11 is 0. The smallest absolute Gasteiger partial charge is 0.251 e. The maximum absolute atomic E-state index is 13.0. The van der Waals surface area contributed by atoms with Gasteiger partial charge in [0.2, 0.25) is 0 Å². The van der Waals surface area contributed by atoms with Crippen molar-refractivity contribution in [1.29, 1.82) is 0 Å². The first-order valence-electron chi connectivity index (χ1n) is 12.8. The van der Waals surface area contributed by atoms with Gasteiger partial charge < -0.3 is 10.1 Å². The number of benzene rings is 2. The van der Waals surface area contributed by atoms with Crippen molar-refractivity contribution in [3.05, 3.63) is 114 Å². The Balaban J connectivity index is 1.34. The minimum absolute atomic E-state index is 0.139. The molecule has 0 aliphatic rings. The lowest BCUT2D eigenvalue weighted by Gasteiger charge is -2.11. The highest BCUT2D eigenvalue weighted by molar-refractivity contribution is 6.05. The average molecular weight is 514 g/mol. The zero-order valence-corrected chi connectivity index (χ0v) is 21.8. The van der Waals surface area contributed by atoms with Crippen LogP contribution in [-0.2, 0) is 6.42 Å². The summed E-state index contributed by atoms with van der Waals surface area (Å²) in [5.74, 6) is 0.682. The molecule has 4 aromatic heterocycles. The lowest BCUT2D eigenvalue weighted by molar-refractivity contribution is 0.0954. The molecule has 0 atom stereocenters. The van der Waals surface area contributed by atoms with Gasteiger partial charge in [0, 0.05) is 41.1 Å². The molecule has 0 bridgehead atoms. The summed E-state index contributed by atoms with van der Waals surface area (Å²) < 4.78 is 7.30. The van der Waals surface area contributed by atoms with Gasteiger partial charge in [-0.15, -0.1) is 0 Å². The van der Waals surface area contributed by atoms with E-state index >= 15 is 0 Å². The first kappa shape index (κ1) is 24.3. The van der Waals surface area contributed by atoms with Crippen LogP contribution in [0.5, 0.6) is 5.75 Å². The second kappa shape index (κ2) is 10.4. The number of rotatable bonds is 7. The highest BCUT2D eigenvalue weighted by Crippen LogP contribution is 2.38. The van der Waals surface area contributed by atoms with Gasteiger partial charge >= 0.3 is 0 Å². The number of fused-ring (bicyclic) bond motifs is 2. The number of ether oxygens (including phenoxy) is 1. The minimum Gasteiger partial charge on any atom is -0.496 e. The molecule has 2 aromatic carbocycles. The number of hydrogen-bond donors (Lipinski definition) is 1. The SMILES string of the molecule is COc1ccccc1CCNC(=O)c1ccc2c(-c3c(-c4cccc(C)n4)nn4ccccc34)ccnc2c1. The molecule has 192 valence electrons. The van der Waals surface area contributed by atoms with E-state index in [1.807, 2.05) is 96.5 Å². The zero-order valence-electron chi connectivity index (χ0n) is 21.8. The Morgan fingerprint density at radius 1 is 0.974 bits per heavy atom. The summed E-state index contributed by atoms with van der Waals surface area (Å²) in [6.07, 6.45) is 4.39. The number of nitrogens with zero attached hydrogens (tertiary/aromatic N) is 4. The molecule has 0 saturated carbocycles. The number of aryl methyl sites for hydroxylation is 1. The maximum Gasteiger partial charge on any atom is 0.251 e. The molecule has 0 radical (unpaired) electrons. The van der Waals surface area contributed by atoms with Gasteiger partial charge in [-0.2, -0.15) is 5.10 Å². The number of carbonyl (C=O) groups is 1. The van der Waals surface area contributed by atoms with Crippen LogP contribution in [0.25, 0.3) is 38.9 Å². The molecule has 0 spiro atoms. The molecule has 6 aromatic rings. The van der Waals surface area contributed by atoms with Gasteiger partial charge in [0.25, 0.3) is 5.91 Å². The van der Waals surface area contributed by atoms with Crippen molar-refractivity contribution in [1.82, 2.24) is 24.9 Å². The normalized spacial score (nSPS) is 11.1. The molecular weight excluding hydrogens is 486 g/mol. The van der Waals surface area contributed by atoms with Crippen LogP contribution in [0.3, 0.4) is 0 Å². The van der Waals surface area contributed by atoms with E-state index in [0.29, 0.717) is 18.5 Å². The quantitative estimate of drug-likeness (QED) is 0.287. The summed E-state index contributed by atoms with van der Waals surface area (Å²) in [6, 6.07) is 27.5. The van der Waals surface area contributed by atoms with Gasteiger partial charge in [0.1, 0.15) is 11.4 Å². The summed E-state index contributed by atoms with van der Waals surface area (Å²) in [5.41, 5.74) is 7.84. The largest absolute Gasteiger partial charge is 0.496 e. The van der Waals surface area contributed by atoms with E-state index in [9.17, 15) is 4.79 Å². The Morgan fingerprint density at radius 2 is 1.85 bits per heavy atom. The third-order valence-electron chi connectivity index (χ3n) is 6.82. The van der Waals surface area contributed by atoms with Gasteiger partial charge in [-0.25, -0.2) is 4.52 Å². The fourth-order valence-electron chi connectivity index (χ4n) is 4.95. The van der Waals surface area contributed by atoms with Crippen LogP contribution in [-0.4, -0.2) is 39.1 Å². The van der Waals surface area contributed by atoms with Crippen LogP contribution < -0.4 is 10.1 Å². The predicted molar refractivity (Wildman–Crippen MR) is 153 cm³/mol. The average Bonchev–Trinajstić information content (AvgIpc) is 3.36. The number of nitrogens with one attached hydrogen (secondary N) is 1. The summed E-state index contributed by atoms with van der Waals surface area (Å²) in [5, 5.41) is 8.85. The van der Waals surface area contributed by atoms with E-state index in [1.54, 1.807) is 13.3 Å². The predicted octanol–water partition coefficient (Wildman–Crippen LogP) is 5.90. The van der Waals surface area contributed by atoms with E-state index in [1.165, 1.54) is 0 Å². The molecular formula is C32H27N5O2. The van der Waals surface area contributed by atoms with E-state index in [4.69, 9.17) is 14.8 Å². The Bertz CT molecular complexity index is 1830. The lowest BCUT2D eigenvalue weighted by atomic mass is 9.97. The Kier molecular flexibility index (Phi) is 6.47. The third kappa shape index (κ3) is 4.70. The van der Waals surface area contributed by atoms with Gasteiger partial charge in [0.05, 0.1) is 23.8 Å². The van der Waals surface area contributed by atoms with E-state index < -0.39 is 0 Å². The van der Waals surface area contributed by atoms with E-state index in [-0.39, 0.29) is 5.91 Å². The van der Waals surface area contributed by atoms with Crippen molar-refractivity contribution in [2.24, 2.45) is 0 Å². The zero-order chi connectivity index (χ0) is 26.8. The first-order valence-corrected chi connectivity index (χ1v) is 12.8. The van der Waals surface area contributed by atoms with Crippen LogP contribution in [0.1, 0.15) is 21.6 Å². The molecule has 1 N–H and O–H groups in total. The fraction of sp³-hybridized carbons (Fsp3) is 0.125. The standard InChI is InChI=1S/C32H27N5O2/c1-21-8-7-10-26(35-21)31-30(28-11-5-6-19-37(28)36-31)25-16-18-33-27-20-23(13-14-24(25)27)32(38)34-17-15-22-9-3-4-12-29(22)39-2/h3-14,16,18-20H,15,17H2,1-2H3,(H,34,38). The van der Waals surface area contributed by atoms with Crippen LogP contribution in [0.4, 0.5) is 0 Å². The Morgan fingerprint density at radius 3 is 2.72 bits per heavy atom. The number of amides is 1. The van der Waals surface area contributed by atoms with Crippen molar-refractivity contribution >= 4 is 22.3 Å². The number of para-hydroxylation sites is 1. The number of pyridine rings is 3. The van der Waals surface area contributed by atoms with Gasteiger partial charge in [0.15, 0.2) is 0 Å². The molecule has 0 aliphatic carbocycles. The van der Waals surface area contributed by atoms with Crippen LogP contribution >= 0.6 is 0 Å². The molecule has 0 aliphatic heterocycles. The lowest BCUT2D eigenvalue weighted by Crippen LogP contribution is -2.25. The minimum atomic E-state index is -0.139. The second-order valence-electron chi connectivity index (χ2n) is 9.33. The molecule has 7 heteroatoms. The van der Waals surface area contributed by atoms with Gasteiger partial charge in [-0.05, 0) is 73.0 Å². The third-order valence-corrected chi connectivity index (χ3v) is 6.82. The van der Waals surface area contributed by atoms with E-state index in [0.717, 1.165) is 55.9 Å². The van der Waals surface area contributed by atoms with Crippen molar-refractivity contribution in [2.45, 2.75) is 13.3 Å².